The summed E-state index contributed by atoms with van der Waals surface area (Å²) < 4.78 is 37.5. The summed E-state index contributed by atoms with van der Waals surface area (Å²) in [4.78, 5) is 24.2. The normalized spacial score (nSPS) is 11.6. The zero-order valence-corrected chi connectivity index (χ0v) is 18.9. The van der Waals surface area contributed by atoms with Gasteiger partial charge in [-0.05, 0) is 51.0 Å². The predicted octanol–water partition coefficient (Wildman–Crippen LogP) is 4.04. The molecule has 0 spiro atoms. The van der Waals surface area contributed by atoms with Crippen LogP contribution < -0.4 is 15.1 Å². The summed E-state index contributed by atoms with van der Waals surface area (Å²) in [6, 6.07) is 9.46. The molecule has 0 aliphatic heterocycles. The lowest BCUT2D eigenvalue weighted by Gasteiger charge is -2.10. The summed E-state index contributed by atoms with van der Waals surface area (Å²) in [6.45, 7) is 5.39. The van der Waals surface area contributed by atoms with Gasteiger partial charge in [0.05, 0.1) is 9.92 Å². The molecule has 0 amide bonds. The molecule has 7 nitrogen and oxygen atoms in total. The van der Waals surface area contributed by atoms with Crippen LogP contribution in [0.4, 0.5) is 0 Å². The number of rotatable bonds is 7. The summed E-state index contributed by atoms with van der Waals surface area (Å²) >= 11 is 6.22. The van der Waals surface area contributed by atoms with Gasteiger partial charge >= 0.3 is 11.6 Å². The van der Waals surface area contributed by atoms with E-state index in [9.17, 15) is 18.0 Å². The molecule has 0 aliphatic rings. The number of esters is 1. The molecule has 31 heavy (non-hydrogen) atoms. The van der Waals surface area contributed by atoms with Crippen LogP contribution >= 0.6 is 11.6 Å². The van der Waals surface area contributed by atoms with E-state index in [1.807, 2.05) is 6.92 Å². The van der Waals surface area contributed by atoms with Crippen LogP contribution in [-0.4, -0.2) is 20.9 Å². The van der Waals surface area contributed by atoms with Crippen molar-refractivity contribution in [3.8, 4) is 5.75 Å². The second kappa shape index (κ2) is 9.21. The van der Waals surface area contributed by atoms with Gasteiger partial charge in [-0.25, -0.2) is 17.9 Å². The summed E-state index contributed by atoms with van der Waals surface area (Å²) in [6.07, 6.45) is 0.212. The average Bonchev–Trinajstić information content (AvgIpc) is 2.71. The van der Waals surface area contributed by atoms with Crippen molar-refractivity contribution in [3.05, 3.63) is 68.5 Å². The number of fused-ring (bicyclic) bond motifs is 1. The first kappa shape index (κ1) is 23.0. The first-order valence-electron chi connectivity index (χ1n) is 9.59. The molecule has 0 saturated heterocycles. The minimum absolute atomic E-state index is 0.0261. The SMILES string of the molecule is Cc1ccc(S(=O)(=O)NCCCC(=O)Oc2cc3oc(=O)c(C)c(C)c3cc2Cl)cc1. The third kappa shape index (κ3) is 5.33. The molecule has 0 atom stereocenters. The smallest absolute Gasteiger partial charge is 0.339 e. The number of halogens is 1. The minimum Gasteiger partial charge on any atom is -0.425 e. The molecule has 1 N–H and O–H groups in total. The highest BCUT2D eigenvalue weighted by Gasteiger charge is 2.16. The monoisotopic (exact) mass is 463 g/mol. The third-order valence-electron chi connectivity index (χ3n) is 4.91. The summed E-state index contributed by atoms with van der Waals surface area (Å²) in [5, 5.41) is 0.865. The van der Waals surface area contributed by atoms with Crippen molar-refractivity contribution >= 4 is 38.6 Å². The number of nitrogens with one attached hydrogen (secondary N) is 1. The Morgan fingerprint density at radius 3 is 2.45 bits per heavy atom. The van der Waals surface area contributed by atoms with Gasteiger partial charge in [0.15, 0.2) is 5.75 Å². The largest absolute Gasteiger partial charge is 0.425 e. The summed E-state index contributed by atoms with van der Waals surface area (Å²) in [5.41, 5.74) is 1.99. The number of benzene rings is 2. The lowest BCUT2D eigenvalue weighted by molar-refractivity contribution is -0.134. The molecule has 1 heterocycles. The second-order valence-corrected chi connectivity index (χ2v) is 9.38. The molecule has 164 valence electrons. The van der Waals surface area contributed by atoms with Crippen LogP contribution in [0.15, 0.2) is 50.5 Å². The quantitative estimate of drug-likeness (QED) is 0.245. The van der Waals surface area contributed by atoms with E-state index >= 15 is 0 Å². The molecular weight excluding hydrogens is 442 g/mol. The Labute approximate surface area is 185 Å². The van der Waals surface area contributed by atoms with Gasteiger partial charge < -0.3 is 9.15 Å². The highest BCUT2D eigenvalue weighted by molar-refractivity contribution is 7.89. The molecule has 0 saturated carbocycles. The molecular formula is C22H22ClNO6S. The van der Waals surface area contributed by atoms with Crippen LogP contribution in [0.25, 0.3) is 11.0 Å². The molecule has 0 fully saturated rings. The Morgan fingerprint density at radius 2 is 1.77 bits per heavy atom. The molecule has 3 rings (SSSR count). The van der Waals surface area contributed by atoms with Gasteiger partial charge in [0.25, 0.3) is 0 Å². The highest BCUT2D eigenvalue weighted by Crippen LogP contribution is 2.32. The van der Waals surface area contributed by atoms with Gasteiger partial charge in [-0.2, -0.15) is 0 Å². The van der Waals surface area contributed by atoms with Crippen LogP contribution in [0, 0.1) is 20.8 Å². The number of carbonyl (C=O) groups excluding carboxylic acids is 1. The van der Waals surface area contributed by atoms with Crippen LogP contribution in [0.2, 0.25) is 5.02 Å². The maximum Gasteiger partial charge on any atom is 0.339 e. The Balaban J connectivity index is 1.60. The zero-order valence-electron chi connectivity index (χ0n) is 17.3. The van der Waals surface area contributed by atoms with Gasteiger partial charge in [-0.3, -0.25) is 4.79 Å². The standard InChI is InChI=1S/C22H22ClNO6S/c1-13-6-8-16(9-7-13)31(27,28)24-10-4-5-21(25)29-20-12-19-17(11-18(20)23)14(2)15(3)22(26)30-19/h6-9,11-12,24H,4-5,10H2,1-3H3. The molecule has 9 heteroatoms. The summed E-state index contributed by atoms with van der Waals surface area (Å²) in [7, 11) is -3.64. The number of ether oxygens (including phenoxy) is 1. The Kier molecular flexibility index (Phi) is 6.83. The highest BCUT2D eigenvalue weighted by atomic mass is 35.5. The van der Waals surface area contributed by atoms with Crippen molar-refractivity contribution in [3.63, 3.8) is 0 Å². The maximum atomic E-state index is 12.2. The van der Waals surface area contributed by atoms with E-state index in [0.29, 0.717) is 10.9 Å². The fraction of sp³-hybridized carbons (Fsp3) is 0.273. The van der Waals surface area contributed by atoms with Crippen molar-refractivity contribution in [2.24, 2.45) is 0 Å². The van der Waals surface area contributed by atoms with Gasteiger partial charge in [0.2, 0.25) is 10.0 Å². The molecule has 2 aromatic carbocycles. The third-order valence-corrected chi connectivity index (χ3v) is 6.69. The zero-order chi connectivity index (χ0) is 22.8. The van der Waals surface area contributed by atoms with E-state index in [1.165, 1.54) is 18.2 Å². The van der Waals surface area contributed by atoms with Crippen LogP contribution in [-0.2, 0) is 14.8 Å². The van der Waals surface area contributed by atoms with Crippen molar-refractivity contribution in [2.75, 3.05) is 6.54 Å². The van der Waals surface area contributed by atoms with Crippen molar-refractivity contribution in [1.29, 1.82) is 0 Å². The predicted molar refractivity (Wildman–Crippen MR) is 118 cm³/mol. The molecule has 0 radical (unpaired) electrons. The van der Waals surface area contributed by atoms with Crippen LogP contribution in [0.3, 0.4) is 0 Å². The van der Waals surface area contributed by atoms with E-state index < -0.39 is 21.6 Å². The molecule has 3 aromatic rings. The Morgan fingerprint density at radius 1 is 1.10 bits per heavy atom. The number of hydrogen-bond donors (Lipinski definition) is 1. The topological polar surface area (TPSA) is 103 Å². The van der Waals surface area contributed by atoms with Crippen LogP contribution in [0.5, 0.6) is 5.75 Å². The number of aryl methyl sites for hydroxylation is 2. The average molecular weight is 464 g/mol. The lowest BCUT2D eigenvalue weighted by Crippen LogP contribution is -2.25. The second-order valence-electron chi connectivity index (χ2n) is 7.21. The molecule has 0 unspecified atom stereocenters. The van der Waals surface area contributed by atoms with E-state index in [2.05, 4.69) is 4.72 Å². The van der Waals surface area contributed by atoms with Gasteiger partial charge in [0.1, 0.15) is 5.58 Å². The maximum absolute atomic E-state index is 12.2. The van der Waals surface area contributed by atoms with Crippen molar-refractivity contribution < 1.29 is 22.4 Å². The first-order chi connectivity index (χ1) is 14.6. The van der Waals surface area contributed by atoms with Crippen molar-refractivity contribution in [1.82, 2.24) is 4.72 Å². The van der Waals surface area contributed by atoms with E-state index in [4.69, 9.17) is 20.8 Å². The summed E-state index contributed by atoms with van der Waals surface area (Å²) in [5.74, 6) is -0.507. The van der Waals surface area contributed by atoms with E-state index in [1.54, 1.807) is 32.0 Å². The van der Waals surface area contributed by atoms with Crippen molar-refractivity contribution in [2.45, 2.75) is 38.5 Å². The van der Waals surface area contributed by atoms with Crippen LogP contribution in [0.1, 0.15) is 29.5 Å². The molecule has 1 aromatic heterocycles. The first-order valence-corrected chi connectivity index (χ1v) is 11.4. The van der Waals surface area contributed by atoms with Gasteiger partial charge in [-0.15, -0.1) is 0 Å². The van der Waals surface area contributed by atoms with Gasteiger partial charge in [-0.1, -0.05) is 29.3 Å². The Bertz CT molecular complexity index is 1300. The fourth-order valence-corrected chi connectivity index (χ4v) is 4.21. The number of hydrogen-bond acceptors (Lipinski definition) is 6. The Hall–Kier alpha value is -2.68. The van der Waals surface area contributed by atoms with Gasteiger partial charge in [0, 0.05) is 30.0 Å². The lowest BCUT2D eigenvalue weighted by atomic mass is 10.1. The number of sulfonamides is 1. The number of carbonyl (C=O) groups is 1. The minimum atomic E-state index is -3.64. The van der Waals surface area contributed by atoms with E-state index in [-0.39, 0.29) is 40.6 Å². The molecule has 0 bridgehead atoms. The fourth-order valence-electron chi connectivity index (χ4n) is 2.94. The molecule has 0 aliphatic carbocycles. The van der Waals surface area contributed by atoms with E-state index in [0.717, 1.165) is 11.1 Å².